The van der Waals surface area contributed by atoms with Gasteiger partial charge in [-0.25, -0.2) is 0 Å². The van der Waals surface area contributed by atoms with E-state index in [0.717, 1.165) is 42.4 Å². The summed E-state index contributed by atoms with van der Waals surface area (Å²) in [5.74, 6) is 0.464. The molecular weight excluding hydrogens is 424 g/mol. The molecule has 0 aromatic heterocycles. The number of nitrogens with one attached hydrogen (secondary N) is 1. The van der Waals surface area contributed by atoms with Crippen molar-refractivity contribution in [3.63, 3.8) is 0 Å². The van der Waals surface area contributed by atoms with Gasteiger partial charge in [0.05, 0.1) is 0 Å². The van der Waals surface area contributed by atoms with Crippen LogP contribution in [0.2, 0.25) is 0 Å². The molecule has 1 N–H and O–H groups in total. The summed E-state index contributed by atoms with van der Waals surface area (Å²) in [5, 5.41) is 3.19. The monoisotopic (exact) mass is 464 g/mol. The molecule has 0 heterocycles. The van der Waals surface area contributed by atoms with E-state index in [9.17, 15) is 9.59 Å². The van der Waals surface area contributed by atoms with Gasteiger partial charge >= 0.3 is 0 Å². The molecule has 1 aliphatic carbocycles. The molecule has 1 atom stereocenters. The zero-order valence-corrected chi connectivity index (χ0v) is 21.4. The van der Waals surface area contributed by atoms with E-state index in [4.69, 9.17) is 4.74 Å². The Kier molecular flexibility index (Phi) is 8.76. The fourth-order valence-electron chi connectivity index (χ4n) is 4.73. The molecule has 2 amide bonds. The minimum Gasteiger partial charge on any atom is -0.483 e. The molecule has 3 rings (SSSR count). The number of hydrogen-bond acceptors (Lipinski definition) is 3. The van der Waals surface area contributed by atoms with E-state index in [0.29, 0.717) is 18.7 Å². The first-order chi connectivity index (χ1) is 16.2. The Morgan fingerprint density at radius 1 is 1.09 bits per heavy atom. The van der Waals surface area contributed by atoms with Crippen molar-refractivity contribution < 1.29 is 14.3 Å². The van der Waals surface area contributed by atoms with Crippen molar-refractivity contribution in [2.45, 2.75) is 90.8 Å². The quantitative estimate of drug-likeness (QED) is 0.530. The van der Waals surface area contributed by atoms with Crippen LogP contribution in [0.1, 0.15) is 76.5 Å². The minimum absolute atomic E-state index is 0.0644. The van der Waals surface area contributed by atoms with Crippen LogP contribution in [-0.4, -0.2) is 35.4 Å². The number of carbonyl (C=O) groups is 2. The van der Waals surface area contributed by atoms with Gasteiger partial charge < -0.3 is 15.0 Å². The van der Waals surface area contributed by atoms with Crippen molar-refractivity contribution in [2.75, 3.05) is 6.61 Å². The molecule has 0 spiro atoms. The van der Waals surface area contributed by atoms with Crippen LogP contribution in [0.5, 0.6) is 5.75 Å². The zero-order valence-electron chi connectivity index (χ0n) is 21.4. The number of aryl methyl sites for hydroxylation is 1. The van der Waals surface area contributed by atoms with Crippen molar-refractivity contribution in [1.29, 1.82) is 0 Å². The smallest absolute Gasteiger partial charge is 0.261 e. The first-order valence-electron chi connectivity index (χ1n) is 12.6. The molecule has 0 radical (unpaired) electrons. The van der Waals surface area contributed by atoms with Gasteiger partial charge in [0.15, 0.2) is 6.61 Å². The number of nitrogens with zero attached hydrogens (tertiary/aromatic N) is 1. The van der Waals surface area contributed by atoms with E-state index in [1.165, 1.54) is 0 Å². The van der Waals surface area contributed by atoms with Crippen LogP contribution in [0.3, 0.4) is 0 Å². The highest BCUT2D eigenvalue weighted by Crippen LogP contribution is 2.31. The van der Waals surface area contributed by atoms with Crippen LogP contribution in [0.4, 0.5) is 0 Å². The van der Waals surface area contributed by atoms with Crippen LogP contribution >= 0.6 is 0 Å². The van der Waals surface area contributed by atoms with Crippen molar-refractivity contribution in [2.24, 2.45) is 0 Å². The standard InChI is InChI=1S/C29H40N2O3/c1-6-25(28(33)30-23-14-7-8-15-23)31(19-22-13-11-12-21(2)18-22)27(32)20-34-26-17-10-9-16-24(26)29(3,4)5/h9-13,16-18,23,25H,6-8,14-15,19-20H2,1-5H3,(H,30,33)/t25-/m1/s1. The van der Waals surface area contributed by atoms with Crippen LogP contribution in [0, 0.1) is 6.92 Å². The third-order valence-electron chi connectivity index (χ3n) is 6.57. The second-order valence-corrected chi connectivity index (χ2v) is 10.5. The average molecular weight is 465 g/mol. The Bertz CT molecular complexity index is 973. The third kappa shape index (κ3) is 6.85. The van der Waals surface area contributed by atoms with Gasteiger partial charge in [-0.3, -0.25) is 9.59 Å². The van der Waals surface area contributed by atoms with Crippen molar-refractivity contribution in [3.8, 4) is 5.75 Å². The molecule has 2 aromatic carbocycles. The van der Waals surface area contributed by atoms with E-state index in [2.05, 4.69) is 32.2 Å². The van der Waals surface area contributed by atoms with Gasteiger partial charge in [0.2, 0.25) is 5.91 Å². The molecular formula is C29H40N2O3. The molecule has 2 aromatic rings. The maximum atomic E-state index is 13.5. The second kappa shape index (κ2) is 11.5. The zero-order chi connectivity index (χ0) is 24.7. The predicted molar refractivity (Wildman–Crippen MR) is 137 cm³/mol. The highest BCUT2D eigenvalue weighted by Gasteiger charge is 2.31. The SMILES string of the molecule is CC[C@H](C(=O)NC1CCCC1)N(Cc1cccc(C)c1)C(=O)COc1ccccc1C(C)(C)C. The molecule has 1 aliphatic rings. The normalized spacial score (nSPS) is 15.1. The lowest BCUT2D eigenvalue weighted by molar-refractivity contribution is -0.143. The number of rotatable bonds is 9. The fraction of sp³-hybridized carbons (Fsp3) is 0.517. The highest BCUT2D eigenvalue weighted by molar-refractivity contribution is 5.88. The topological polar surface area (TPSA) is 58.6 Å². The predicted octanol–water partition coefficient (Wildman–Crippen LogP) is 5.54. The first kappa shape index (κ1) is 25.8. The summed E-state index contributed by atoms with van der Waals surface area (Å²) in [5.41, 5.74) is 3.09. The van der Waals surface area contributed by atoms with Crippen LogP contribution in [-0.2, 0) is 21.5 Å². The van der Waals surface area contributed by atoms with Gasteiger partial charge in [0.1, 0.15) is 11.8 Å². The molecule has 184 valence electrons. The molecule has 5 heteroatoms. The molecule has 0 aliphatic heterocycles. The van der Waals surface area contributed by atoms with Crippen molar-refractivity contribution in [3.05, 3.63) is 65.2 Å². The molecule has 1 saturated carbocycles. The summed E-state index contributed by atoms with van der Waals surface area (Å²) in [6.45, 7) is 10.6. The number of benzene rings is 2. The fourth-order valence-corrected chi connectivity index (χ4v) is 4.73. The Hall–Kier alpha value is -2.82. The number of amides is 2. The third-order valence-corrected chi connectivity index (χ3v) is 6.57. The summed E-state index contributed by atoms with van der Waals surface area (Å²) in [4.78, 5) is 28.5. The van der Waals surface area contributed by atoms with Gasteiger partial charge in [-0.1, -0.05) is 88.6 Å². The van der Waals surface area contributed by atoms with E-state index in [1.807, 2.05) is 56.3 Å². The number of hydrogen-bond donors (Lipinski definition) is 1. The lowest BCUT2D eigenvalue weighted by Crippen LogP contribution is -2.52. The molecule has 0 saturated heterocycles. The lowest BCUT2D eigenvalue weighted by atomic mass is 9.86. The highest BCUT2D eigenvalue weighted by atomic mass is 16.5. The number of carbonyl (C=O) groups excluding carboxylic acids is 2. The average Bonchev–Trinajstić information content (AvgIpc) is 3.30. The summed E-state index contributed by atoms with van der Waals surface area (Å²) < 4.78 is 6.05. The minimum atomic E-state index is -0.532. The molecule has 0 unspecified atom stereocenters. The van der Waals surface area contributed by atoms with E-state index in [-0.39, 0.29) is 29.9 Å². The summed E-state index contributed by atoms with van der Waals surface area (Å²) in [7, 11) is 0. The Labute approximate surface area is 204 Å². The van der Waals surface area contributed by atoms with Crippen molar-refractivity contribution >= 4 is 11.8 Å². The lowest BCUT2D eigenvalue weighted by Gasteiger charge is -2.32. The van der Waals surface area contributed by atoms with Gasteiger partial charge in [0.25, 0.3) is 5.91 Å². The number of ether oxygens (including phenoxy) is 1. The molecule has 5 nitrogen and oxygen atoms in total. The van der Waals surface area contributed by atoms with E-state index >= 15 is 0 Å². The van der Waals surface area contributed by atoms with E-state index in [1.54, 1.807) is 4.90 Å². The summed E-state index contributed by atoms with van der Waals surface area (Å²) in [6, 6.07) is 15.6. The largest absolute Gasteiger partial charge is 0.483 e. The van der Waals surface area contributed by atoms with Crippen LogP contribution in [0.15, 0.2) is 48.5 Å². The summed E-state index contributed by atoms with van der Waals surface area (Å²) in [6.07, 6.45) is 4.87. The summed E-state index contributed by atoms with van der Waals surface area (Å²) >= 11 is 0. The number of para-hydroxylation sites is 1. The van der Waals surface area contributed by atoms with Gasteiger partial charge in [-0.05, 0) is 48.8 Å². The second-order valence-electron chi connectivity index (χ2n) is 10.5. The van der Waals surface area contributed by atoms with Crippen LogP contribution < -0.4 is 10.1 Å². The molecule has 0 bridgehead atoms. The maximum Gasteiger partial charge on any atom is 0.261 e. The maximum absolute atomic E-state index is 13.5. The van der Waals surface area contributed by atoms with Gasteiger partial charge in [0, 0.05) is 12.6 Å². The Morgan fingerprint density at radius 2 is 1.79 bits per heavy atom. The molecule has 1 fully saturated rings. The molecule has 34 heavy (non-hydrogen) atoms. The van der Waals surface area contributed by atoms with Crippen molar-refractivity contribution in [1.82, 2.24) is 10.2 Å². The van der Waals surface area contributed by atoms with Gasteiger partial charge in [-0.2, -0.15) is 0 Å². The van der Waals surface area contributed by atoms with Crippen LogP contribution in [0.25, 0.3) is 0 Å². The van der Waals surface area contributed by atoms with E-state index < -0.39 is 6.04 Å². The Balaban J connectivity index is 1.80. The first-order valence-corrected chi connectivity index (χ1v) is 12.6. The Morgan fingerprint density at radius 3 is 2.44 bits per heavy atom. The van der Waals surface area contributed by atoms with Gasteiger partial charge in [-0.15, -0.1) is 0 Å².